The molecule has 1 aromatic heterocycles. The highest BCUT2D eigenvalue weighted by molar-refractivity contribution is 6.07. The van der Waals surface area contributed by atoms with E-state index in [2.05, 4.69) is 10.3 Å². The van der Waals surface area contributed by atoms with E-state index in [1.165, 1.54) is 12.3 Å². The Morgan fingerprint density at radius 1 is 1.58 bits per heavy atom. The molecule has 1 fully saturated rings. The average Bonchev–Trinajstić information content (AvgIpc) is 2.37. The number of hydrogen-bond acceptors (Lipinski definition) is 4. The number of carbonyl (C=O) groups excluding carboxylic acids is 3. The first-order valence-electron chi connectivity index (χ1n) is 5.78. The molecule has 0 spiro atoms. The van der Waals surface area contributed by atoms with E-state index in [1.54, 1.807) is 6.92 Å². The Morgan fingerprint density at radius 2 is 2.32 bits per heavy atom. The third-order valence-corrected chi connectivity index (χ3v) is 2.91. The first-order chi connectivity index (χ1) is 9.04. The molecule has 6 nitrogen and oxygen atoms in total. The van der Waals surface area contributed by atoms with Crippen LogP contribution in [0.3, 0.4) is 0 Å². The Kier molecular flexibility index (Phi) is 3.55. The molecule has 0 aromatic carbocycles. The Bertz CT molecular complexity index is 547. The fourth-order valence-electron chi connectivity index (χ4n) is 1.99. The molecule has 2 rings (SSSR count). The first-order valence-corrected chi connectivity index (χ1v) is 5.78. The zero-order chi connectivity index (χ0) is 14.0. The number of imide groups is 1. The maximum absolute atomic E-state index is 13.5. The highest BCUT2D eigenvalue weighted by Crippen LogP contribution is 2.15. The van der Waals surface area contributed by atoms with Crippen molar-refractivity contribution in [1.82, 2.24) is 15.2 Å². The van der Waals surface area contributed by atoms with E-state index in [9.17, 15) is 18.8 Å². The third kappa shape index (κ3) is 2.44. The Labute approximate surface area is 108 Å². The molecule has 0 bridgehead atoms. The van der Waals surface area contributed by atoms with Crippen molar-refractivity contribution in [3.8, 4) is 0 Å². The SMILES string of the molecule is CCC1C(=O)NC(=O)CN1C(=O)c1ccncc1F. The smallest absolute Gasteiger partial charge is 0.258 e. The van der Waals surface area contributed by atoms with Crippen LogP contribution in [0.2, 0.25) is 0 Å². The van der Waals surface area contributed by atoms with Crippen molar-refractivity contribution in [2.45, 2.75) is 19.4 Å². The van der Waals surface area contributed by atoms with Gasteiger partial charge in [0.25, 0.3) is 5.91 Å². The average molecular weight is 265 g/mol. The lowest BCUT2D eigenvalue weighted by Crippen LogP contribution is -2.59. The van der Waals surface area contributed by atoms with Crippen molar-refractivity contribution in [3.63, 3.8) is 0 Å². The minimum absolute atomic E-state index is 0.198. The number of hydrogen-bond donors (Lipinski definition) is 1. The third-order valence-electron chi connectivity index (χ3n) is 2.91. The van der Waals surface area contributed by atoms with Crippen LogP contribution in [0.1, 0.15) is 23.7 Å². The van der Waals surface area contributed by atoms with Crippen molar-refractivity contribution in [2.75, 3.05) is 6.54 Å². The molecule has 0 saturated carbocycles. The lowest BCUT2D eigenvalue weighted by atomic mass is 10.1. The number of piperazine rings is 1. The van der Waals surface area contributed by atoms with Crippen molar-refractivity contribution >= 4 is 17.7 Å². The van der Waals surface area contributed by atoms with Gasteiger partial charge in [-0.3, -0.25) is 24.7 Å². The Hall–Kier alpha value is -2.31. The summed E-state index contributed by atoms with van der Waals surface area (Å²) in [6, 6.07) is 0.458. The van der Waals surface area contributed by atoms with Gasteiger partial charge in [-0.1, -0.05) is 6.92 Å². The molecular weight excluding hydrogens is 253 g/mol. The normalized spacial score (nSPS) is 19.3. The fourth-order valence-corrected chi connectivity index (χ4v) is 1.99. The summed E-state index contributed by atoms with van der Waals surface area (Å²) in [6.45, 7) is 1.45. The van der Waals surface area contributed by atoms with Crippen LogP contribution in [0.25, 0.3) is 0 Å². The van der Waals surface area contributed by atoms with E-state index in [4.69, 9.17) is 0 Å². The molecule has 2 heterocycles. The number of pyridine rings is 1. The van der Waals surface area contributed by atoms with Crippen LogP contribution >= 0.6 is 0 Å². The van der Waals surface area contributed by atoms with Gasteiger partial charge in [-0.2, -0.15) is 0 Å². The standard InChI is InChI=1S/C12H12FN3O3/c1-2-9-11(18)15-10(17)6-16(9)12(19)7-3-4-14-5-8(7)13/h3-5,9H,2,6H2,1H3,(H,15,17,18). The van der Waals surface area contributed by atoms with E-state index in [-0.39, 0.29) is 12.1 Å². The number of halogens is 1. The van der Waals surface area contributed by atoms with Crippen molar-refractivity contribution in [3.05, 3.63) is 29.8 Å². The van der Waals surface area contributed by atoms with Crippen LogP contribution in [0.5, 0.6) is 0 Å². The second-order valence-electron chi connectivity index (χ2n) is 4.13. The Morgan fingerprint density at radius 3 is 2.95 bits per heavy atom. The van der Waals surface area contributed by atoms with Gasteiger partial charge in [-0.25, -0.2) is 4.39 Å². The van der Waals surface area contributed by atoms with Crippen molar-refractivity contribution in [2.24, 2.45) is 0 Å². The van der Waals surface area contributed by atoms with Crippen LogP contribution in [0.4, 0.5) is 4.39 Å². The summed E-state index contributed by atoms with van der Waals surface area (Å²) in [4.78, 5) is 39.8. The molecule has 1 atom stereocenters. The fraction of sp³-hybridized carbons (Fsp3) is 0.333. The first kappa shape index (κ1) is 13.1. The van der Waals surface area contributed by atoms with E-state index in [1.807, 2.05) is 0 Å². The minimum Gasteiger partial charge on any atom is -0.317 e. The molecule has 7 heteroatoms. The van der Waals surface area contributed by atoms with Gasteiger partial charge in [0.15, 0.2) is 5.82 Å². The second-order valence-corrected chi connectivity index (χ2v) is 4.13. The molecule has 1 saturated heterocycles. The van der Waals surface area contributed by atoms with Crippen LogP contribution in [-0.2, 0) is 9.59 Å². The maximum atomic E-state index is 13.5. The van der Waals surface area contributed by atoms with Crippen LogP contribution in [-0.4, -0.2) is 40.2 Å². The molecule has 1 aliphatic heterocycles. The number of nitrogens with zero attached hydrogens (tertiary/aromatic N) is 2. The summed E-state index contributed by atoms with van der Waals surface area (Å²) in [5.41, 5.74) is -0.198. The molecule has 1 N–H and O–H groups in total. The predicted molar refractivity (Wildman–Crippen MR) is 62.5 cm³/mol. The van der Waals surface area contributed by atoms with Gasteiger partial charge in [0, 0.05) is 6.20 Å². The minimum atomic E-state index is -0.777. The molecule has 19 heavy (non-hydrogen) atoms. The van der Waals surface area contributed by atoms with E-state index < -0.39 is 29.6 Å². The summed E-state index contributed by atoms with van der Waals surface area (Å²) in [5, 5.41) is 2.15. The molecule has 100 valence electrons. The number of nitrogens with one attached hydrogen (secondary N) is 1. The summed E-state index contributed by atoms with van der Waals surface area (Å²) in [6.07, 6.45) is 2.54. The van der Waals surface area contributed by atoms with E-state index in [0.29, 0.717) is 6.42 Å². The van der Waals surface area contributed by atoms with Gasteiger partial charge in [-0.15, -0.1) is 0 Å². The number of carbonyl (C=O) groups is 3. The number of amides is 3. The topological polar surface area (TPSA) is 79.4 Å². The van der Waals surface area contributed by atoms with Gasteiger partial charge in [0.2, 0.25) is 11.8 Å². The predicted octanol–water partition coefficient (Wildman–Crippen LogP) is 0.0979. The van der Waals surface area contributed by atoms with E-state index >= 15 is 0 Å². The summed E-state index contributed by atoms with van der Waals surface area (Å²) >= 11 is 0. The zero-order valence-corrected chi connectivity index (χ0v) is 10.2. The van der Waals surface area contributed by atoms with Gasteiger partial charge in [0.1, 0.15) is 12.6 Å². The second kappa shape index (κ2) is 5.13. The molecule has 1 unspecified atom stereocenters. The van der Waals surface area contributed by atoms with Gasteiger partial charge >= 0.3 is 0 Å². The van der Waals surface area contributed by atoms with Crippen LogP contribution in [0, 0.1) is 5.82 Å². The molecule has 0 radical (unpaired) electrons. The maximum Gasteiger partial charge on any atom is 0.258 e. The highest BCUT2D eigenvalue weighted by atomic mass is 19.1. The largest absolute Gasteiger partial charge is 0.317 e. The molecule has 1 aliphatic rings. The van der Waals surface area contributed by atoms with Gasteiger partial charge in [0.05, 0.1) is 11.8 Å². The zero-order valence-electron chi connectivity index (χ0n) is 10.2. The number of rotatable bonds is 2. The summed E-state index contributed by atoms with van der Waals surface area (Å²) in [5.74, 6) is -2.57. The van der Waals surface area contributed by atoms with Crippen molar-refractivity contribution in [1.29, 1.82) is 0 Å². The monoisotopic (exact) mass is 265 g/mol. The van der Waals surface area contributed by atoms with E-state index in [0.717, 1.165) is 11.1 Å². The molecule has 0 aliphatic carbocycles. The molecular formula is C12H12FN3O3. The number of aromatic nitrogens is 1. The highest BCUT2D eigenvalue weighted by Gasteiger charge is 2.36. The lowest BCUT2D eigenvalue weighted by molar-refractivity contribution is -0.138. The van der Waals surface area contributed by atoms with Crippen molar-refractivity contribution < 1.29 is 18.8 Å². The Balaban J connectivity index is 2.33. The van der Waals surface area contributed by atoms with Gasteiger partial charge < -0.3 is 4.90 Å². The summed E-state index contributed by atoms with van der Waals surface area (Å²) in [7, 11) is 0. The quantitative estimate of drug-likeness (QED) is 0.769. The van der Waals surface area contributed by atoms with Crippen LogP contribution in [0.15, 0.2) is 18.5 Å². The lowest BCUT2D eigenvalue weighted by Gasteiger charge is -2.33. The summed E-state index contributed by atoms with van der Waals surface area (Å²) < 4.78 is 13.5. The molecule has 3 amide bonds. The molecule has 1 aromatic rings. The van der Waals surface area contributed by atoms with Gasteiger partial charge in [-0.05, 0) is 12.5 Å². The van der Waals surface area contributed by atoms with Crippen LogP contribution < -0.4 is 5.32 Å².